The molecule has 0 spiro atoms. The fourth-order valence-electron chi connectivity index (χ4n) is 1.07. The fraction of sp³-hybridized carbons (Fsp3) is 0.538. The first kappa shape index (κ1) is 18.7. The summed E-state index contributed by atoms with van der Waals surface area (Å²) in [6.07, 6.45) is 0. The first-order valence-electron chi connectivity index (χ1n) is 6.22. The normalized spacial score (nSPS) is 8.28. The number of para-hydroxylation sites is 2. The Morgan fingerprint density at radius 3 is 2.28 bits per heavy atom. The molecule has 1 N–H and O–H groups in total. The number of hydrogen-bond acceptors (Lipinski definition) is 4. The summed E-state index contributed by atoms with van der Waals surface area (Å²) in [4.78, 5) is 10.2. The smallest absolute Gasteiger partial charge is 0.292 e. The Bertz CT molecular complexity index is 317. The lowest BCUT2D eigenvalue weighted by Gasteiger charge is -2.05. The molecular weight excluding hydrogens is 232 g/mol. The zero-order chi connectivity index (χ0) is 14.4. The summed E-state index contributed by atoms with van der Waals surface area (Å²) >= 11 is 0. The van der Waals surface area contributed by atoms with Crippen LogP contribution in [-0.4, -0.2) is 25.2 Å². The average Bonchev–Trinajstić information content (AvgIpc) is 2.44. The van der Waals surface area contributed by atoms with Crippen LogP contribution in [0.5, 0.6) is 0 Å². The van der Waals surface area contributed by atoms with Gasteiger partial charge in [0.1, 0.15) is 5.69 Å². The summed E-state index contributed by atoms with van der Waals surface area (Å²) in [6, 6.07) is 6.53. The van der Waals surface area contributed by atoms with Crippen LogP contribution in [0.2, 0.25) is 0 Å². The zero-order valence-corrected chi connectivity index (χ0v) is 11.9. The molecule has 0 aromatic heterocycles. The molecule has 0 unspecified atom stereocenters. The Labute approximate surface area is 109 Å². The van der Waals surface area contributed by atoms with E-state index in [9.17, 15) is 10.1 Å². The standard InChI is InChI=1S/C9H12N2O3.2C2H6/c1-14-7-6-10-8-4-2-3-5-9(8)11(12)13;2*1-2/h2-5,10H,6-7H2,1H3;2*1-2H3. The number of ether oxygens (including phenoxy) is 1. The van der Waals surface area contributed by atoms with E-state index in [1.54, 1.807) is 25.3 Å². The largest absolute Gasteiger partial charge is 0.383 e. The zero-order valence-electron chi connectivity index (χ0n) is 11.9. The molecular formula is C13H24N2O3. The van der Waals surface area contributed by atoms with Gasteiger partial charge in [-0.1, -0.05) is 39.8 Å². The van der Waals surface area contributed by atoms with Gasteiger partial charge in [-0.25, -0.2) is 0 Å². The van der Waals surface area contributed by atoms with Crippen molar-refractivity contribution in [3.05, 3.63) is 34.4 Å². The molecule has 5 heteroatoms. The number of nitrogens with one attached hydrogen (secondary N) is 1. The Balaban J connectivity index is 0. The van der Waals surface area contributed by atoms with E-state index >= 15 is 0 Å². The highest BCUT2D eigenvalue weighted by Crippen LogP contribution is 2.22. The molecule has 1 rings (SSSR count). The van der Waals surface area contributed by atoms with Crippen molar-refractivity contribution < 1.29 is 9.66 Å². The predicted molar refractivity (Wildman–Crippen MR) is 76.2 cm³/mol. The number of anilines is 1. The number of methoxy groups -OCH3 is 1. The first-order chi connectivity index (χ1) is 8.75. The van der Waals surface area contributed by atoms with Crippen molar-refractivity contribution in [1.82, 2.24) is 0 Å². The minimum Gasteiger partial charge on any atom is -0.383 e. The summed E-state index contributed by atoms with van der Waals surface area (Å²) in [5.74, 6) is 0. The maximum atomic E-state index is 10.6. The van der Waals surface area contributed by atoms with E-state index in [0.29, 0.717) is 18.8 Å². The molecule has 1 aromatic rings. The van der Waals surface area contributed by atoms with Gasteiger partial charge in [-0.3, -0.25) is 10.1 Å². The Morgan fingerprint density at radius 2 is 1.78 bits per heavy atom. The summed E-state index contributed by atoms with van der Waals surface area (Å²) in [5.41, 5.74) is 0.609. The van der Waals surface area contributed by atoms with Crippen LogP contribution in [0.1, 0.15) is 27.7 Å². The predicted octanol–water partition coefficient (Wildman–Crippen LogP) is 3.71. The van der Waals surface area contributed by atoms with Crippen molar-refractivity contribution in [2.24, 2.45) is 0 Å². The van der Waals surface area contributed by atoms with Gasteiger partial charge in [-0.05, 0) is 6.07 Å². The number of nitro benzene ring substituents is 1. The quantitative estimate of drug-likeness (QED) is 0.495. The number of nitro groups is 1. The highest BCUT2D eigenvalue weighted by atomic mass is 16.6. The monoisotopic (exact) mass is 256 g/mol. The van der Waals surface area contributed by atoms with Crippen molar-refractivity contribution >= 4 is 11.4 Å². The second-order valence-corrected chi connectivity index (χ2v) is 2.69. The topological polar surface area (TPSA) is 64.4 Å². The highest BCUT2D eigenvalue weighted by Gasteiger charge is 2.10. The molecule has 0 radical (unpaired) electrons. The van der Waals surface area contributed by atoms with Gasteiger partial charge in [0, 0.05) is 19.7 Å². The molecule has 1 aromatic carbocycles. The van der Waals surface area contributed by atoms with Gasteiger partial charge >= 0.3 is 0 Å². The van der Waals surface area contributed by atoms with Crippen molar-refractivity contribution in [2.75, 3.05) is 25.6 Å². The molecule has 0 saturated heterocycles. The summed E-state index contributed by atoms with van der Waals surface area (Å²) in [7, 11) is 1.58. The molecule has 0 heterocycles. The van der Waals surface area contributed by atoms with E-state index in [1.807, 2.05) is 27.7 Å². The van der Waals surface area contributed by atoms with Gasteiger partial charge in [0.05, 0.1) is 11.5 Å². The molecule has 0 fully saturated rings. The minimum absolute atomic E-state index is 0.0867. The van der Waals surface area contributed by atoms with Crippen LogP contribution in [-0.2, 0) is 4.74 Å². The Hall–Kier alpha value is -1.62. The van der Waals surface area contributed by atoms with E-state index in [1.165, 1.54) is 6.07 Å². The third-order valence-corrected chi connectivity index (χ3v) is 1.72. The van der Waals surface area contributed by atoms with E-state index in [0.717, 1.165) is 0 Å². The van der Waals surface area contributed by atoms with Gasteiger partial charge in [0.15, 0.2) is 0 Å². The molecule has 0 aliphatic carbocycles. The van der Waals surface area contributed by atoms with Gasteiger partial charge < -0.3 is 10.1 Å². The van der Waals surface area contributed by atoms with E-state index < -0.39 is 4.92 Å². The van der Waals surface area contributed by atoms with Crippen LogP contribution >= 0.6 is 0 Å². The summed E-state index contributed by atoms with van der Waals surface area (Å²) in [6.45, 7) is 9.08. The third kappa shape index (κ3) is 7.62. The van der Waals surface area contributed by atoms with Crippen molar-refractivity contribution in [1.29, 1.82) is 0 Å². The maximum absolute atomic E-state index is 10.6. The molecule has 0 saturated carbocycles. The van der Waals surface area contributed by atoms with E-state index in [4.69, 9.17) is 4.74 Å². The SMILES string of the molecule is CC.CC.COCCNc1ccccc1[N+](=O)[O-]. The van der Waals surface area contributed by atoms with Gasteiger partial charge in [-0.2, -0.15) is 0 Å². The van der Waals surface area contributed by atoms with Crippen LogP contribution in [0.3, 0.4) is 0 Å². The lowest BCUT2D eigenvalue weighted by atomic mass is 10.2. The number of benzene rings is 1. The first-order valence-corrected chi connectivity index (χ1v) is 6.22. The second-order valence-electron chi connectivity index (χ2n) is 2.69. The summed E-state index contributed by atoms with van der Waals surface area (Å²) in [5, 5.41) is 13.5. The van der Waals surface area contributed by atoms with Crippen molar-refractivity contribution in [2.45, 2.75) is 27.7 Å². The van der Waals surface area contributed by atoms with Crippen LogP contribution in [0.25, 0.3) is 0 Å². The molecule has 18 heavy (non-hydrogen) atoms. The molecule has 0 amide bonds. The summed E-state index contributed by atoms with van der Waals surface area (Å²) < 4.78 is 4.83. The molecule has 0 bridgehead atoms. The van der Waals surface area contributed by atoms with Gasteiger partial charge in [-0.15, -0.1) is 0 Å². The number of hydrogen-bond donors (Lipinski definition) is 1. The molecule has 5 nitrogen and oxygen atoms in total. The van der Waals surface area contributed by atoms with E-state index in [2.05, 4.69) is 5.32 Å². The Kier molecular flexibility index (Phi) is 14.0. The fourth-order valence-corrected chi connectivity index (χ4v) is 1.07. The van der Waals surface area contributed by atoms with Gasteiger partial charge in [0.25, 0.3) is 5.69 Å². The molecule has 0 aliphatic heterocycles. The maximum Gasteiger partial charge on any atom is 0.292 e. The van der Waals surface area contributed by atoms with Crippen LogP contribution in [0.15, 0.2) is 24.3 Å². The minimum atomic E-state index is -0.408. The average molecular weight is 256 g/mol. The van der Waals surface area contributed by atoms with Crippen molar-refractivity contribution in [3.8, 4) is 0 Å². The lowest BCUT2D eigenvalue weighted by molar-refractivity contribution is -0.384. The Morgan fingerprint density at radius 1 is 1.22 bits per heavy atom. The second kappa shape index (κ2) is 13.4. The molecule has 0 aliphatic rings. The number of nitrogens with zero attached hydrogens (tertiary/aromatic N) is 1. The van der Waals surface area contributed by atoms with Crippen LogP contribution < -0.4 is 5.32 Å². The number of rotatable bonds is 5. The lowest BCUT2D eigenvalue weighted by Crippen LogP contribution is -2.08. The van der Waals surface area contributed by atoms with E-state index in [-0.39, 0.29) is 5.69 Å². The highest BCUT2D eigenvalue weighted by molar-refractivity contribution is 5.60. The van der Waals surface area contributed by atoms with Crippen molar-refractivity contribution in [3.63, 3.8) is 0 Å². The molecule has 104 valence electrons. The van der Waals surface area contributed by atoms with Gasteiger partial charge in [0.2, 0.25) is 0 Å². The molecule has 0 atom stereocenters. The van der Waals surface area contributed by atoms with Crippen LogP contribution in [0.4, 0.5) is 11.4 Å². The third-order valence-electron chi connectivity index (χ3n) is 1.72. The van der Waals surface area contributed by atoms with Crippen LogP contribution in [0, 0.1) is 10.1 Å².